The normalized spacial score (nSPS) is 11.6. The van der Waals surface area contributed by atoms with Gasteiger partial charge >= 0.3 is 0 Å². The van der Waals surface area contributed by atoms with Crippen LogP contribution in [0.15, 0.2) is 65.7 Å². The van der Waals surface area contributed by atoms with Crippen LogP contribution in [-0.4, -0.2) is 45.3 Å². The van der Waals surface area contributed by atoms with Gasteiger partial charge in [0.1, 0.15) is 5.52 Å². The van der Waals surface area contributed by atoms with Gasteiger partial charge in [-0.1, -0.05) is 24.3 Å². The van der Waals surface area contributed by atoms with Crippen LogP contribution < -0.4 is 5.56 Å². The number of fused-ring (bicyclic) bond motifs is 3. The topological polar surface area (TPSA) is 59.6 Å². The summed E-state index contributed by atoms with van der Waals surface area (Å²) in [6.07, 6.45) is 4.96. The van der Waals surface area contributed by atoms with Crippen LogP contribution in [0.5, 0.6) is 0 Å². The van der Waals surface area contributed by atoms with E-state index in [0.717, 1.165) is 24.0 Å². The first-order valence-electron chi connectivity index (χ1n) is 9.76. The molecule has 0 saturated carbocycles. The monoisotopic (exact) mass is 388 g/mol. The Kier molecular flexibility index (Phi) is 5.27. The second-order valence-corrected chi connectivity index (χ2v) is 7.53. The second kappa shape index (κ2) is 8.01. The molecule has 0 aliphatic rings. The molecule has 0 unspecified atom stereocenters. The van der Waals surface area contributed by atoms with Gasteiger partial charge in [0.2, 0.25) is 0 Å². The lowest BCUT2D eigenvalue weighted by Crippen LogP contribution is -2.24. The second-order valence-electron chi connectivity index (χ2n) is 7.53. The van der Waals surface area contributed by atoms with E-state index in [9.17, 15) is 9.59 Å². The Morgan fingerprint density at radius 2 is 1.79 bits per heavy atom. The zero-order valence-electron chi connectivity index (χ0n) is 16.7. The highest BCUT2D eigenvalue weighted by Crippen LogP contribution is 2.15. The van der Waals surface area contributed by atoms with Crippen LogP contribution in [0.25, 0.3) is 16.7 Å². The highest BCUT2D eigenvalue weighted by Gasteiger charge is 2.12. The lowest BCUT2D eigenvalue weighted by molar-refractivity contribution is 0.0977. The highest BCUT2D eigenvalue weighted by atomic mass is 16.1. The summed E-state index contributed by atoms with van der Waals surface area (Å²) in [7, 11) is 4.01. The molecule has 0 bridgehead atoms. The summed E-state index contributed by atoms with van der Waals surface area (Å²) >= 11 is 0. The molecule has 0 saturated heterocycles. The van der Waals surface area contributed by atoms with Gasteiger partial charge < -0.3 is 9.30 Å². The summed E-state index contributed by atoms with van der Waals surface area (Å²) < 4.78 is 3.56. The van der Waals surface area contributed by atoms with Gasteiger partial charge in [-0.2, -0.15) is 0 Å². The summed E-state index contributed by atoms with van der Waals surface area (Å²) in [5, 5.41) is 0. The molecule has 4 rings (SSSR count). The van der Waals surface area contributed by atoms with Crippen LogP contribution in [-0.2, 0) is 6.54 Å². The van der Waals surface area contributed by atoms with Crippen LogP contribution in [0, 0.1) is 0 Å². The maximum atomic E-state index is 13.0. The molecule has 0 amide bonds. The van der Waals surface area contributed by atoms with E-state index < -0.39 is 0 Å². The van der Waals surface area contributed by atoms with Crippen molar-refractivity contribution >= 4 is 22.5 Å². The average Bonchev–Trinajstić information content (AvgIpc) is 3.21. The quantitative estimate of drug-likeness (QED) is 0.456. The van der Waals surface area contributed by atoms with Crippen molar-refractivity contribution in [2.45, 2.75) is 19.4 Å². The third kappa shape index (κ3) is 3.84. The predicted octanol–water partition coefficient (Wildman–Crippen LogP) is 3.22. The highest BCUT2D eigenvalue weighted by molar-refractivity contribution is 5.96. The molecule has 1 aromatic carbocycles. The Labute approximate surface area is 169 Å². The van der Waals surface area contributed by atoms with E-state index in [4.69, 9.17) is 0 Å². The van der Waals surface area contributed by atoms with Gasteiger partial charge in [0.15, 0.2) is 11.4 Å². The number of Topliss-reactive ketones (excluding diaryl/α,β-unsaturated/α-hetero) is 1. The van der Waals surface area contributed by atoms with Crippen LogP contribution in [0.4, 0.5) is 0 Å². The Balaban J connectivity index is 1.61. The van der Waals surface area contributed by atoms with E-state index in [2.05, 4.69) is 9.88 Å². The fourth-order valence-electron chi connectivity index (χ4n) is 3.61. The van der Waals surface area contributed by atoms with Crippen LogP contribution in [0.1, 0.15) is 28.8 Å². The molecule has 29 heavy (non-hydrogen) atoms. The first-order valence-corrected chi connectivity index (χ1v) is 9.76. The standard InChI is InChI=1S/C23H24N4O2/c1-25(2)14-5-8-21(28)18-11-9-17(10-12-18)16-27-22-19(6-3-13-24-22)26-15-4-7-20(26)23(27)29/h3-4,6-7,9-13,15H,5,8,14,16H2,1-2H3. The Morgan fingerprint density at radius 3 is 2.55 bits per heavy atom. The van der Waals surface area contributed by atoms with Crippen molar-refractivity contribution in [2.24, 2.45) is 0 Å². The van der Waals surface area contributed by atoms with Gasteiger partial charge in [-0.05, 0) is 56.9 Å². The lowest BCUT2D eigenvalue weighted by atomic mass is 10.0. The molecule has 148 valence electrons. The zero-order chi connectivity index (χ0) is 20.4. The van der Waals surface area contributed by atoms with Crippen molar-refractivity contribution in [2.75, 3.05) is 20.6 Å². The number of nitrogens with zero attached hydrogens (tertiary/aromatic N) is 4. The Morgan fingerprint density at radius 1 is 1.03 bits per heavy atom. The zero-order valence-corrected chi connectivity index (χ0v) is 16.7. The van der Waals surface area contributed by atoms with E-state index in [-0.39, 0.29) is 11.3 Å². The molecule has 0 aliphatic carbocycles. The molecular weight excluding hydrogens is 364 g/mol. The fraction of sp³-hybridized carbons (Fsp3) is 0.261. The molecular formula is C23H24N4O2. The van der Waals surface area contributed by atoms with Gasteiger partial charge in [-0.15, -0.1) is 0 Å². The van der Waals surface area contributed by atoms with Crippen molar-refractivity contribution in [3.05, 3.63) is 82.4 Å². The van der Waals surface area contributed by atoms with Gasteiger partial charge in [0.05, 0.1) is 12.1 Å². The summed E-state index contributed by atoms with van der Waals surface area (Å²) in [5.74, 6) is 0.150. The minimum absolute atomic E-state index is 0.0787. The smallest absolute Gasteiger partial charge is 0.276 e. The van der Waals surface area contributed by atoms with Crippen LogP contribution in [0.3, 0.4) is 0 Å². The molecule has 4 aromatic rings. The van der Waals surface area contributed by atoms with E-state index >= 15 is 0 Å². The number of aromatic nitrogens is 3. The molecule has 0 N–H and O–H groups in total. The number of rotatable bonds is 7. The summed E-state index contributed by atoms with van der Waals surface area (Å²) in [5.41, 5.74) is 3.75. The van der Waals surface area contributed by atoms with Gasteiger partial charge in [0, 0.05) is 24.4 Å². The third-order valence-corrected chi connectivity index (χ3v) is 5.12. The molecule has 0 radical (unpaired) electrons. The molecule has 6 nitrogen and oxygen atoms in total. The molecule has 3 aromatic heterocycles. The fourth-order valence-corrected chi connectivity index (χ4v) is 3.61. The molecule has 3 heterocycles. The molecule has 6 heteroatoms. The van der Waals surface area contributed by atoms with Crippen molar-refractivity contribution in [1.82, 2.24) is 18.9 Å². The minimum atomic E-state index is -0.0787. The number of carbonyl (C=O) groups excluding carboxylic acids is 1. The van der Waals surface area contributed by atoms with Gasteiger partial charge in [0.25, 0.3) is 5.56 Å². The molecule has 0 aliphatic heterocycles. The third-order valence-electron chi connectivity index (χ3n) is 5.12. The maximum Gasteiger partial charge on any atom is 0.276 e. The Bertz CT molecular complexity index is 1220. The van der Waals surface area contributed by atoms with E-state index in [1.807, 2.05) is 73.2 Å². The molecule has 0 spiro atoms. The van der Waals surface area contributed by atoms with Crippen molar-refractivity contribution in [3.8, 4) is 0 Å². The number of hydrogen-bond donors (Lipinski definition) is 0. The molecule has 0 atom stereocenters. The number of pyridine rings is 1. The van der Waals surface area contributed by atoms with Crippen LogP contribution >= 0.6 is 0 Å². The van der Waals surface area contributed by atoms with Crippen molar-refractivity contribution < 1.29 is 4.79 Å². The minimum Gasteiger partial charge on any atom is -0.309 e. The first-order chi connectivity index (χ1) is 14.0. The average molecular weight is 388 g/mol. The summed E-state index contributed by atoms with van der Waals surface area (Å²) in [4.78, 5) is 31.9. The lowest BCUT2D eigenvalue weighted by Gasteiger charge is -2.12. The van der Waals surface area contributed by atoms with E-state index in [1.165, 1.54) is 0 Å². The Hall–Kier alpha value is -3.25. The summed E-state index contributed by atoms with van der Waals surface area (Å²) in [6.45, 7) is 1.30. The van der Waals surface area contributed by atoms with E-state index in [0.29, 0.717) is 29.7 Å². The number of hydrogen-bond acceptors (Lipinski definition) is 4. The van der Waals surface area contributed by atoms with Crippen molar-refractivity contribution in [3.63, 3.8) is 0 Å². The maximum absolute atomic E-state index is 13.0. The van der Waals surface area contributed by atoms with E-state index in [1.54, 1.807) is 10.8 Å². The number of ketones is 1. The van der Waals surface area contributed by atoms with Gasteiger partial charge in [-0.25, -0.2) is 4.98 Å². The summed E-state index contributed by atoms with van der Waals surface area (Å²) in [6, 6.07) is 15.1. The van der Waals surface area contributed by atoms with Crippen molar-refractivity contribution in [1.29, 1.82) is 0 Å². The SMILES string of the molecule is CN(C)CCCC(=O)c1ccc(Cn2c(=O)c3cccn3c3cccnc32)cc1. The largest absolute Gasteiger partial charge is 0.309 e. The van der Waals surface area contributed by atoms with Crippen LogP contribution in [0.2, 0.25) is 0 Å². The first kappa shape index (κ1) is 19.1. The van der Waals surface area contributed by atoms with Gasteiger partial charge in [-0.3, -0.25) is 14.2 Å². The molecule has 0 fully saturated rings. The number of benzene rings is 1. The predicted molar refractivity (Wildman–Crippen MR) is 115 cm³/mol. The number of carbonyl (C=O) groups is 1.